The number of amides is 1. The van der Waals surface area contributed by atoms with Crippen molar-refractivity contribution in [1.82, 2.24) is 9.88 Å². The number of thiocarbonyl (C=S) groups is 1. The number of piperidine rings is 1. The van der Waals surface area contributed by atoms with Crippen LogP contribution in [0.25, 0.3) is 0 Å². The summed E-state index contributed by atoms with van der Waals surface area (Å²) < 4.78 is 0. The summed E-state index contributed by atoms with van der Waals surface area (Å²) in [6, 6.07) is 0. The molecule has 2 rings (SSSR count). The average Bonchev–Trinajstić information content (AvgIpc) is 2.67. The zero-order chi connectivity index (χ0) is 13.3. The Morgan fingerprint density at radius 2 is 2.28 bits per heavy atom. The van der Waals surface area contributed by atoms with Gasteiger partial charge >= 0.3 is 0 Å². The lowest BCUT2D eigenvalue weighted by molar-refractivity contribution is 0.0707. The zero-order valence-corrected chi connectivity index (χ0v) is 12.2. The maximum Gasteiger partial charge on any atom is 0.265 e. The summed E-state index contributed by atoms with van der Waals surface area (Å²) in [5, 5.41) is 0.929. The third kappa shape index (κ3) is 2.70. The van der Waals surface area contributed by atoms with Gasteiger partial charge in [0.05, 0.1) is 15.7 Å². The van der Waals surface area contributed by atoms with Gasteiger partial charge in [-0.25, -0.2) is 4.98 Å². The van der Waals surface area contributed by atoms with E-state index in [0.717, 1.165) is 35.0 Å². The lowest BCUT2D eigenvalue weighted by atomic mass is 9.98. The second kappa shape index (κ2) is 5.32. The van der Waals surface area contributed by atoms with Crippen molar-refractivity contribution in [2.75, 3.05) is 13.1 Å². The molecule has 0 bridgehead atoms. The topological polar surface area (TPSA) is 59.2 Å². The van der Waals surface area contributed by atoms with Crippen LogP contribution < -0.4 is 5.73 Å². The number of aryl methyl sites for hydroxylation is 2. The summed E-state index contributed by atoms with van der Waals surface area (Å²) in [5.74, 6) is 0.228. The molecule has 1 aliphatic rings. The first kappa shape index (κ1) is 13.4. The van der Waals surface area contributed by atoms with E-state index in [1.165, 1.54) is 11.3 Å². The van der Waals surface area contributed by atoms with Crippen LogP contribution in [-0.4, -0.2) is 33.9 Å². The first-order valence-electron chi connectivity index (χ1n) is 6.01. The van der Waals surface area contributed by atoms with Crippen LogP contribution in [0.3, 0.4) is 0 Å². The molecule has 0 aliphatic carbocycles. The molecule has 1 amide bonds. The van der Waals surface area contributed by atoms with Gasteiger partial charge in [0.2, 0.25) is 0 Å². The van der Waals surface area contributed by atoms with Crippen molar-refractivity contribution < 1.29 is 4.79 Å². The highest BCUT2D eigenvalue weighted by Crippen LogP contribution is 2.23. The summed E-state index contributed by atoms with van der Waals surface area (Å²) in [6.07, 6.45) is 1.95. The summed E-state index contributed by atoms with van der Waals surface area (Å²) in [4.78, 5) is 19.8. The Morgan fingerprint density at radius 3 is 2.83 bits per heavy atom. The molecule has 98 valence electrons. The molecule has 4 nitrogen and oxygen atoms in total. The first-order chi connectivity index (χ1) is 8.49. The molecule has 1 aromatic rings. The van der Waals surface area contributed by atoms with Crippen LogP contribution in [0.4, 0.5) is 0 Å². The van der Waals surface area contributed by atoms with Gasteiger partial charge < -0.3 is 10.6 Å². The normalized spacial score (nSPS) is 19.9. The number of carbonyl (C=O) groups excluding carboxylic acids is 1. The van der Waals surface area contributed by atoms with Gasteiger partial charge in [0.15, 0.2) is 0 Å². The van der Waals surface area contributed by atoms with Crippen molar-refractivity contribution in [3.8, 4) is 0 Å². The molecule has 0 aromatic carbocycles. The Balaban J connectivity index is 2.14. The Bertz CT molecular complexity index is 484. The maximum absolute atomic E-state index is 12.4. The number of likely N-dealkylation sites (tertiary alicyclic amines) is 1. The van der Waals surface area contributed by atoms with Crippen molar-refractivity contribution in [3.05, 3.63) is 15.6 Å². The van der Waals surface area contributed by atoms with E-state index >= 15 is 0 Å². The predicted molar refractivity (Wildman–Crippen MR) is 77.0 cm³/mol. The Morgan fingerprint density at radius 1 is 1.56 bits per heavy atom. The lowest BCUT2D eigenvalue weighted by Crippen LogP contribution is -2.43. The highest BCUT2D eigenvalue weighted by atomic mass is 32.1. The fraction of sp³-hybridized carbons (Fsp3) is 0.583. The molecule has 0 radical (unpaired) electrons. The molecular formula is C12H17N3OS2. The number of hydrogen-bond donors (Lipinski definition) is 1. The molecule has 0 spiro atoms. The predicted octanol–water partition coefficient (Wildman–Crippen LogP) is 1.90. The van der Waals surface area contributed by atoms with E-state index in [0.29, 0.717) is 11.5 Å². The number of nitrogens with zero attached hydrogens (tertiary/aromatic N) is 2. The van der Waals surface area contributed by atoms with Gasteiger partial charge in [-0.3, -0.25) is 4.79 Å². The third-order valence-electron chi connectivity index (χ3n) is 3.21. The van der Waals surface area contributed by atoms with Gasteiger partial charge in [0.1, 0.15) is 4.88 Å². The highest BCUT2D eigenvalue weighted by Gasteiger charge is 2.27. The largest absolute Gasteiger partial charge is 0.393 e. The lowest BCUT2D eigenvalue weighted by Gasteiger charge is -2.32. The molecule has 1 aliphatic heterocycles. The van der Waals surface area contributed by atoms with E-state index in [2.05, 4.69) is 4.98 Å². The van der Waals surface area contributed by atoms with Crippen LogP contribution in [-0.2, 0) is 0 Å². The molecule has 1 atom stereocenters. The van der Waals surface area contributed by atoms with Crippen molar-refractivity contribution in [1.29, 1.82) is 0 Å². The van der Waals surface area contributed by atoms with E-state index in [4.69, 9.17) is 18.0 Å². The van der Waals surface area contributed by atoms with Crippen LogP contribution in [0.1, 0.15) is 33.2 Å². The number of rotatable bonds is 2. The van der Waals surface area contributed by atoms with Crippen LogP contribution in [0.5, 0.6) is 0 Å². The minimum atomic E-state index is 0.0686. The minimum absolute atomic E-state index is 0.0686. The summed E-state index contributed by atoms with van der Waals surface area (Å²) >= 11 is 6.49. The van der Waals surface area contributed by atoms with Crippen LogP contribution in [0, 0.1) is 19.8 Å². The Kier molecular flexibility index (Phi) is 3.97. The van der Waals surface area contributed by atoms with Crippen LogP contribution in [0.2, 0.25) is 0 Å². The molecule has 18 heavy (non-hydrogen) atoms. The van der Waals surface area contributed by atoms with Crippen molar-refractivity contribution in [2.45, 2.75) is 26.7 Å². The quantitative estimate of drug-likeness (QED) is 0.842. The maximum atomic E-state index is 12.4. The minimum Gasteiger partial charge on any atom is -0.393 e. The molecular weight excluding hydrogens is 266 g/mol. The molecule has 1 saturated heterocycles. The van der Waals surface area contributed by atoms with Gasteiger partial charge in [-0.1, -0.05) is 12.2 Å². The standard InChI is InChI=1S/C12H17N3OS2/c1-7-10(18-8(2)14-7)12(16)15-5-3-4-9(6-15)11(13)17/h9H,3-6H2,1-2H3,(H2,13,17). The smallest absolute Gasteiger partial charge is 0.265 e. The third-order valence-corrected chi connectivity index (χ3v) is 4.60. The van der Waals surface area contributed by atoms with Gasteiger partial charge in [-0.15, -0.1) is 11.3 Å². The van der Waals surface area contributed by atoms with E-state index in [9.17, 15) is 4.79 Å². The molecule has 1 unspecified atom stereocenters. The fourth-order valence-corrected chi connectivity index (χ4v) is 3.35. The van der Waals surface area contributed by atoms with E-state index in [-0.39, 0.29) is 11.8 Å². The number of thiazole rings is 1. The number of hydrogen-bond acceptors (Lipinski definition) is 4. The van der Waals surface area contributed by atoms with Crippen LogP contribution in [0.15, 0.2) is 0 Å². The van der Waals surface area contributed by atoms with Crippen LogP contribution >= 0.6 is 23.6 Å². The second-order valence-corrected chi connectivity index (χ2v) is 6.31. The monoisotopic (exact) mass is 283 g/mol. The molecule has 6 heteroatoms. The fourth-order valence-electron chi connectivity index (χ4n) is 2.27. The SMILES string of the molecule is Cc1nc(C)c(C(=O)N2CCCC(C(N)=S)C2)s1. The number of aromatic nitrogens is 1. The van der Waals surface area contributed by atoms with Gasteiger partial charge in [-0.05, 0) is 26.7 Å². The first-order valence-corrected chi connectivity index (χ1v) is 7.24. The number of carbonyl (C=O) groups is 1. The van der Waals surface area contributed by atoms with E-state index in [1.54, 1.807) is 0 Å². The highest BCUT2D eigenvalue weighted by molar-refractivity contribution is 7.80. The molecule has 1 aromatic heterocycles. The Hall–Kier alpha value is -1.01. The van der Waals surface area contributed by atoms with Crippen molar-refractivity contribution in [2.24, 2.45) is 11.7 Å². The molecule has 2 heterocycles. The van der Waals surface area contributed by atoms with Gasteiger partial charge in [0.25, 0.3) is 5.91 Å². The van der Waals surface area contributed by atoms with Crippen molar-refractivity contribution in [3.63, 3.8) is 0 Å². The average molecular weight is 283 g/mol. The van der Waals surface area contributed by atoms with E-state index < -0.39 is 0 Å². The summed E-state index contributed by atoms with van der Waals surface area (Å²) in [6.45, 7) is 5.23. The zero-order valence-electron chi connectivity index (χ0n) is 10.6. The summed E-state index contributed by atoms with van der Waals surface area (Å²) in [5.41, 5.74) is 6.51. The molecule has 2 N–H and O–H groups in total. The van der Waals surface area contributed by atoms with Gasteiger partial charge in [0, 0.05) is 19.0 Å². The number of nitrogens with two attached hydrogens (primary N) is 1. The Labute approximate surface area is 116 Å². The molecule has 1 fully saturated rings. The van der Waals surface area contributed by atoms with Crippen molar-refractivity contribution >= 4 is 34.5 Å². The van der Waals surface area contributed by atoms with Gasteiger partial charge in [-0.2, -0.15) is 0 Å². The summed E-state index contributed by atoms with van der Waals surface area (Å²) in [7, 11) is 0. The molecule has 0 saturated carbocycles. The van der Waals surface area contributed by atoms with E-state index in [1.807, 2.05) is 18.7 Å². The second-order valence-electron chi connectivity index (χ2n) is 4.64.